The van der Waals surface area contributed by atoms with E-state index < -0.39 is 10.0 Å². The normalized spacial score (nSPS) is 18.3. The lowest BCUT2D eigenvalue weighted by molar-refractivity contribution is 0.0736. The molecule has 0 aromatic heterocycles. The minimum atomic E-state index is -3.32. The van der Waals surface area contributed by atoms with Gasteiger partial charge in [0.05, 0.1) is 13.2 Å². The van der Waals surface area contributed by atoms with Gasteiger partial charge in [0.2, 0.25) is 10.0 Å². The Hall–Kier alpha value is -1.17. The Labute approximate surface area is 108 Å². The van der Waals surface area contributed by atoms with Crippen molar-refractivity contribution in [3.63, 3.8) is 0 Å². The van der Waals surface area contributed by atoms with Crippen LogP contribution in [0.2, 0.25) is 0 Å². The molecule has 1 heterocycles. The molecule has 0 saturated carbocycles. The minimum absolute atomic E-state index is 0.431. The molecule has 0 amide bonds. The molecule has 0 spiro atoms. The van der Waals surface area contributed by atoms with Crippen molar-refractivity contribution in [3.8, 4) is 0 Å². The van der Waals surface area contributed by atoms with E-state index in [1.807, 2.05) is 31.2 Å². The van der Waals surface area contributed by atoms with Crippen LogP contribution in [-0.4, -0.2) is 39.0 Å². The molecule has 18 heavy (non-hydrogen) atoms. The zero-order valence-corrected chi connectivity index (χ0v) is 11.2. The van der Waals surface area contributed by atoms with Gasteiger partial charge in [-0.05, 0) is 18.6 Å². The molecule has 1 aromatic rings. The zero-order valence-electron chi connectivity index (χ0n) is 10.4. The molecule has 0 atom stereocenters. The quantitative estimate of drug-likeness (QED) is 0.836. The van der Waals surface area contributed by atoms with Crippen LogP contribution < -0.4 is 0 Å². The van der Waals surface area contributed by atoms with E-state index in [1.54, 1.807) is 6.08 Å². The van der Waals surface area contributed by atoms with Gasteiger partial charge in [-0.1, -0.05) is 29.8 Å². The summed E-state index contributed by atoms with van der Waals surface area (Å²) in [6.45, 7) is 3.80. The Kier molecular flexibility index (Phi) is 4.16. The monoisotopic (exact) mass is 267 g/mol. The summed E-state index contributed by atoms with van der Waals surface area (Å²) >= 11 is 0. The Morgan fingerprint density at radius 3 is 2.39 bits per heavy atom. The van der Waals surface area contributed by atoms with Crippen LogP contribution in [-0.2, 0) is 14.8 Å². The second-order valence-electron chi connectivity index (χ2n) is 4.27. The van der Waals surface area contributed by atoms with E-state index in [1.165, 1.54) is 9.71 Å². The van der Waals surface area contributed by atoms with Crippen molar-refractivity contribution in [1.82, 2.24) is 4.31 Å². The molecule has 1 aliphatic heterocycles. The van der Waals surface area contributed by atoms with Gasteiger partial charge in [0.1, 0.15) is 0 Å². The van der Waals surface area contributed by atoms with E-state index in [0.29, 0.717) is 26.3 Å². The summed E-state index contributed by atoms with van der Waals surface area (Å²) in [7, 11) is -3.32. The van der Waals surface area contributed by atoms with Crippen LogP contribution in [0.4, 0.5) is 0 Å². The highest BCUT2D eigenvalue weighted by Crippen LogP contribution is 2.10. The van der Waals surface area contributed by atoms with Gasteiger partial charge in [0.15, 0.2) is 0 Å². The lowest BCUT2D eigenvalue weighted by Gasteiger charge is -2.24. The molecule has 98 valence electrons. The summed E-state index contributed by atoms with van der Waals surface area (Å²) < 4.78 is 30.6. The maximum absolute atomic E-state index is 12.0. The maximum atomic E-state index is 12.0. The number of hydrogen-bond donors (Lipinski definition) is 0. The zero-order chi connectivity index (χ0) is 13.0. The molecule has 0 aliphatic carbocycles. The summed E-state index contributed by atoms with van der Waals surface area (Å²) in [6.07, 6.45) is 1.63. The fraction of sp³-hybridized carbons (Fsp3) is 0.385. The van der Waals surface area contributed by atoms with E-state index >= 15 is 0 Å². The molecular formula is C13H17NO3S. The van der Waals surface area contributed by atoms with E-state index in [9.17, 15) is 8.42 Å². The van der Waals surface area contributed by atoms with E-state index in [0.717, 1.165) is 11.1 Å². The highest BCUT2D eigenvalue weighted by Gasteiger charge is 2.21. The third-order valence-corrected chi connectivity index (χ3v) is 4.40. The van der Waals surface area contributed by atoms with Crippen molar-refractivity contribution < 1.29 is 13.2 Å². The number of rotatable bonds is 3. The van der Waals surface area contributed by atoms with Crippen molar-refractivity contribution in [3.05, 3.63) is 40.8 Å². The number of nitrogens with zero attached hydrogens (tertiary/aromatic N) is 1. The van der Waals surface area contributed by atoms with E-state index in [2.05, 4.69) is 0 Å². The van der Waals surface area contributed by atoms with E-state index in [4.69, 9.17) is 4.74 Å². The molecule has 2 rings (SSSR count). The number of ether oxygens (including phenoxy) is 1. The summed E-state index contributed by atoms with van der Waals surface area (Å²) in [5, 5.41) is 1.27. The first-order chi connectivity index (χ1) is 8.58. The minimum Gasteiger partial charge on any atom is -0.379 e. The summed E-state index contributed by atoms with van der Waals surface area (Å²) in [4.78, 5) is 0. The number of sulfonamides is 1. The van der Waals surface area contributed by atoms with Gasteiger partial charge < -0.3 is 4.74 Å². The number of morpholine rings is 1. The lowest BCUT2D eigenvalue weighted by atomic mass is 10.2. The predicted molar refractivity (Wildman–Crippen MR) is 71.5 cm³/mol. The average molecular weight is 267 g/mol. The SMILES string of the molecule is Cc1ccc(/C=C/S(=O)(=O)N2CCOCC2)cc1. The predicted octanol–water partition coefficient (Wildman–Crippen LogP) is 1.63. The Morgan fingerprint density at radius 1 is 1.17 bits per heavy atom. The van der Waals surface area contributed by atoms with Gasteiger partial charge in [-0.2, -0.15) is 4.31 Å². The van der Waals surface area contributed by atoms with Crippen LogP contribution in [0.3, 0.4) is 0 Å². The topological polar surface area (TPSA) is 46.6 Å². The second-order valence-corrected chi connectivity index (χ2v) is 6.09. The summed E-state index contributed by atoms with van der Waals surface area (Å²) in [6, 6.07) is 7.73. The standard InChI is InChI=1S/C13H17NO3S/c1-12-2-4-13(5-3-12)6-11-18(15,16)14-7-9-17-10-8-14/h2-6,11H,7-10H2,1H3/b11-6+. The number of hydrogen-bond acceptors (Lipinski definition) is 3. The Balaban J connectivity index is 2.09. The molecule has 0 N–H and O–H groups in total. The number of benzene rings is 1. The number of aryl methyl sites for hydroxylation is 1. The smallest absolute Gasteiger partial charge is 0.236 e. The van der Waals surface area contributed by atoms with Crippen LogP contribution in [0.5, 0.6) is 0 Å². The van der Waals surface area contributed by atoms with Crippen molar-refractivity contribution in [2.75, 3.05) is 26.3 Å². The Bertz CT molecular complexity index is 514. The third-order valence-electron chi connectivity index (χ3n) is 2.84. The van der Waals surface area contributed by atoms with Crippen LogP contribution in [0.25, 0.3) is 6.08 Å². The molecule has 0 bridgehead atoms. The average Bonchev–Trinajstić information content (AvgIpc) is 2.39. The van der Waals surface area contributed by atoms with E-state index in [-0.39, 0.29) is 0 Å². The second kappa shape index (κ2) is 5.65. The molecule has 0 unspecified atom stereocenters. The molecule has 1 aromatic carbocycles. The van der Waals surface area contributed by atoms with Gasteiger partial charge in [0.25, 0.3) is 0 Å². The first-order valence-electron chi connectivity index (χ1n) is 5.90. The molecule has 5 heteroatoms. The van der Waals surface area contributed by atoms with Crippen LogP contribution in [0, 0.1) is 6.92 Å². The summed E-state index contributed by atoms with van der Waals surface area (Å²) in [5.41, 5.74) is 2.04. The molecular weight excluding hydrogens is 250 g/mol. The highest BCUT2D eigenvalue weighted by atomic mass is 32.2. The highest BCUT2D eigenvalue weighted by molar-refractivity contribution is 7.92. The third kappa shape index (κ3) is 3.41. The molecule has 0 radical (unpaired) electrons. The van der Waals surface area contributed by atoms with Gasteiger partial charge in [-0.3, -0.25) is 0 Å². The first-order valence-corrected chi connectivity index (χ1v) is 7.41. The summed E-state index contributed by atoms with van der Waals surface area (Å²) in [5.74, 6) is 0. The largest absolute Gasteiger partial charge is 0.379 e. The van der Waals surface area contributed by atoms with Crippen LogP contribution >= 0.6 is 0 Å². The Morgan fingerprint density at radius 2 is 1.78 bits per heavy atom. The van der Waals surface area contributed by atoms with Crippen molar-refractivity contribution in [2.45, 2.75) is 6.92 Å². The fourth-order valence-corrected chi connectivity index (χ4v) is 2.89. The van der Waals surface area contributed by atoms with Crippen LogP contribution in [0.15, 0.2) is 29.7 Å². The van der Waals surface area contributed by atoms with Gasteiger partial charge in [-0.25, -0.2) is 8.42 Å². The van der Waals surface area contributed by atoms with Gasteiger partial charge in [-0.15, -0.1) is 0 Å². The van der Waals surface area contributed by atoms with Crippen LogP contribution in [0.1, 0.15) is 11.1 Å². The lowest BCUT2D eigenvalue weighted by Crippen LogP contribution is -2.39. The van der Waals surface area contributed by atoms with Crippen molar-refractivity contribution in [2.24, 2.45) is 0 Å². The maximum Gasteiger partial charge on any atom is 0.236 e. The van der Waals surface area contributed by atoms with Crippen molar-refractivity contribution >= 4 is 16.1 Å². The van der Waals surface area contributed by atoms with Gasteiger partial charge in [0, 0.05) is 18.5 Å². The molecule has 1 aliphatic rings. The first kappa shape index (κ1) is 13.3. The molecule has 1 saturated heterocycles. The molecule has 4 nitrogen and oxygen atoms in total. The fourth-order valence-electron chi connectivity index (χ4n) is 1.73. The van der Waals surface area contributed by atoms with Gasteiger partial charge >= 0.3 is 0 Å². The molecule has 1 fully saturated rings. The van der Waals surface area contributed by atoms with Crippen molar-refractivity contribution in [1.29, 1.82) is 0 Å².